The van der Waals surface area contributed by atoms with Gasteiger partial charge in [-0.15, -0.1) is 0 Å². The molecule has 0 bridgehead atoms. The topological polar surface area (TPSA) is 29.1 Å². The molecule has 1 aromatic rings. The first kappa shape index (κ1) is 15.6. The standard InChI is InChI=1S/C17H24BrNO/c1-2-15(14-9-5-3-6-10-14)16(20)19-17(13-18)11-7-4-8-12-17/h3,5-6,9-10,15H,2,4,7-8,11-13H2,1H3,(H,19,20). The summed E-state index contributed by atoms with van der Waals surface area (Å²) in [5.41, 5.74) is 1.09. The van der Waals surface area contributed by atoms with Crippen molar-refractivity contribution < 1.29 is 4.79 Å². The Labute approximate surface area is 130 Å². The zero-order chi connectivity index (χ0) is 14.4. The summed E-state index contributed by atoms with van der Waals surface area (Å²) in [6.45, 7) is 2.08. The fraction of sp³-hybridized carbons (Fsp3) is 0.588. The smallest absolute Gasteiger partial charge is 0.227 e. The van der Waals surface area contributed by atoms with E-state index in [4.69, 9.17) is 0 Å². The third kappa shape index (κ3) is 3.63. The fourth-order valence-corrected chi connectivity index (χ4v) is 3.83. The highest BCUT2D eigenvalue weighted by atomic mass is 79.9. The summed E-state index contributed by atoms with van der Waals surface area (Å²) in [6.07, 6.45) is 6.75. The van der Waals surface area contributed by atoms with E-state index in [1.165, 1.54) is 19.3 Å². The van der Waals surface area contributed by atoms with Gasteiger partial charge >= 0.3 is 0 Å². The summed E-state index contributed by atoms with van der Waals surface area (Å²) >= 11 is 3.61. The van der Waals surface area contributed by atoms with Crippen molar-refractivity contribution >= 4 is 21.8 Å². The minimum atomic E-state index is -0.0333. The molecule has 0 saturated heterocycles. The van der Waals surface area contributed by atoms with E-state index in [1.54, 1.807) is 0 Å². The van der Waals surface area contributed by atoms with Crippen LogP contribution in [0.1, 0.15) is 56.9 Å². The molecule has 1 aliphatic rings. The molecule has 1 saturated carbocycles. The third-order valence-corrected chi connectivity index (χ3v) is 5.45. The van der Waals surface area contributed by atoms with Gasteiger partial charge < -0.3 is 5.32 Å². The lowest BCUT2D eigenvalue weighted by atomic mass is 9.82. The largest absolute Gasteiger partial charge is 0.349 e. The second-order valence-corrected chi connectivity index (χ2v) is 6.40. The number of hydrogen-bond donors (Lipinski definition) is 1. The van der Waals surface area contributed by atoms with Crippen molar-refractivity contribution in [2.45, 2.75) is 56.9 Å². The predicted molar refractivity (Wildman–Crippen MR) is 87.2 cm³/mol. The number of carbonyl (C=O) groups excluding carboxylic acids is 1. The highest BCUT2D eigenvalue weighted by Gasteiger charge is 2.34. The SMILES string of the molecule is CCC(C(=O)NC1(CBr)CCCCC1)c1ccccc1. The average molecular weight is 338 g/mol. The van der Waals surface area contributed by atoms with Crippen LogP contribution in [0, 0.1) is 0 Å². The molecule has 110 valence electrons. The van der Waals surface area contributed by atoms with Crippen molar-refractivity contribution in [1.29, 1.82) is 0 Å². The van der Waals surface area contributed by atoms with E-state index in [2.05, 4.69) is 40.3 Å². The summed E-state index contributed by atoms with van der Waals surface area (Å²) in [5, 5.41) is 4.20. The summed E-state index contributed by atoms with van der Waals surface area (Å²) in [4.78, 5) is 12.7. The molecule has 20 heavy (non-hydrogen) atoms. The summed E-state index contributed by atoms with van der Waals surface area (Å²) in [6, 6.07) is 10.1. The maximum Gasteiger partial charge on any atom is 0.227 e. The highest BCUT2D eigenvalue weighted by molar-refractivity contribution is 9.09. The Kier molecular flexibility index (Phi) is 5.64. The molecule has 2 nitrogen and oxygen atoms in total. The van der Waals surface area contributed by atoms with Gasteiger partial charge in [-0.3, -0.25) is 4.79 Å². The number of hydrogen-bond acceptors (Lipinski definition) is 1. The number of halogens is 1. The van der Waals surface area contributed by atoms with E-state index in [0.717, 1.165) is 30.2 Å². The Balaban J connectivity index is 2.09. The molecule has 1 fully saturated rings. The van der Waals surface area contributed by atoms with Crippen LogP contribution in [0.2, 0.25) is 0 Å². The van der Waals surface area contributed by atoms with E-state index in [1.807, 2.05) is 18.2 Å². The van der Waals surface area contributed by atoms with Gasteiger partial charge in [-0.05, 0) is 24.8 Å². The molecule has 1 aliphatic carbocycles. The van der Waals surface area contributed by atoms with Crippen molar-refractivity contribution in [1.82, 2.24) is 5.32 Å². The third-order valence-electron chi connectivity index (χ3n) is 4.38. The minimum absolute atomic E-state index is 0.0302. The second-order valence-electron chi connectivity index (χ2n) is 5.84. The molecule has 3 heteroatoms. The zero-order valence-corrected chi connectivity index (χ0v) is 13.8. The van der Waals surface area contributed by atoms with Gasteiger partial charge in [0.2, 0.25) is 5.91 Å². The molecule has 0 spiro atoms. The lowest BCUT2D eigenvalue weighted by Gasteiger charge is -2.37. The van der Waals surface area contributed by atoms with Crippen LogP contribution in [0.3, 0.4) is 0 Å². The molecule has 1 atom stereocenters. The van der Waals surface area contributed by atoms with Crippen LogP contribution in [0.4, 0.5) is 0 Å². The van der Waals surface area contributed by atoms with Gasteiger partial charge in [0.1, 0.15) is 0 Å². The van der Waals surface area contributed by atoms with Gasteiger partial charge in [0.05, 0.1) is 5.92 Å². The Morgan fingerprint density at radius 2 is 1.90 bits per heavy atom. The minimum Gasteiger partial charge on any atom is -0.349 e. The van der Waals surface area contributed by atoms with Crippen LogP contribution in [-0.4, -0.2) is 16.8 Å². The Hall–Kier alpha value is -0.830. The number of alkyl halides is 1. The van der Waals surface area contributed by atoms with Gasteiger partial charge in [-0.2, -0.15) is 0 Å². The van der Waals surface area contributed by atoms with E-state index >= 15 is 0 Å². The number of nitrogens with one attached hydrogen (secondary N) is 1. The van der Waals surface area contributed by atoms with Gasteiger partial charge in [0, 0.05) is 10.9 Å². The van der Waals surface area contributed by atoms with Gasteiger partial charge in [0.25, 0.3) is 0 Å². The van der Waals surface area contributed by atoms with Gasteiger partial charge in [0.15, 0.2) is 0 Å². The first-order valence-electron chi connectivity index (χ1n) is 7.64. The molecule has 1 unspecified atom stereocenters. The van der Waals surface area contributed by atoms with E-state index in [9.17, 15) is 4.79 Å². The summed E-state index contributed by atoms with van der Waals surface area (Å²) < 4.78 is 0. The molecule has 2 rings (SSSR count). The first-order valence-corrected chi connectivity index (χ1v) is 8.76. The first-order chi connectivity index (χ1) is 9.71. The average Bonchev–Trinajstić information content (AvgIpc) is 2.50. The monoisotopic (exact) mass is 337 g/mol. The zero-order valence-electron chi connectivity index (χ0n) is 12.2. The van der Waals surface area contributed by atoms with Crippen molar-refractivity contribution in [2.75, 3.05) is 5.33 Å². The predicted octanol–water partition coefficient (Wildman–Crippen LogP) is 4.39. The summed E-state index contributed by atoms with van der Waals surface area (Å²) in [5.74, 6) is 0.147. The van der Waals surface area contributed by atoms with Crippen LogP contribution in [0.15, 0.2) is 30.3 Å². The van der Waals surface area contributed by atoms with Crippen molar-refractivity contribution in [3.8, 4) is 0 Å². The lowest BCUT2D eigenvalue weighted by molar-refractivity contribution is -0.124. The van der Waals surface area contributed by atoms with Crippen molar-refractivity contribution in [2.24, 2.45) is 0 Å². The quantitative estimate of drug-likeness (QED) is 0.793. The molecule has 0 aliphatic heterocycles. The second kappa shape index (κ2) is 7.26. The molecular formula is C17H24BrNO. The van der Waals surface area contributed by atoms with E-state index < -0.39 is 0 Å². The molecule has 0 heterocycles. The number of benzene rings is 1. The number of amides is 1. The van der Waals surface area contributed by atoms with Gasteiger partial charge in [-0.25, -0.2) is 0 Å². The van der Waals surface area contributed by atoms with Crippen LogP contribution in [0.5, 0.6) is 0 Å². The molecule has 1 amide bonds. The van der Waals surface area contributed by atoms with Crippen molar-refractivity contribution in [3.05, 3.63) is 35.9 Å². The van der Waals surface area contributed by atoms with E-state index in [-0.39, 0.29) is 17.4 Å². The van der Waals surface area contributed by atoms with Crippen molar-refractivity contribution in [3.63, 3.8) is 0 Å². The Morgan fingerprint density at radius 3 is 2.45 bits per heavy atom. The lowest BCUT2D eigenvalue weighted by Crippen LogP contribution is -2.52. The molecule has 1 aromatic carbocycles. The molecular weight excluding hydrogens is 314 g/mol. The van der Waals surface area contributed by atoms with Crippen LogP contribution in [-0.2, 0) is 4.79 Å². The molecule has 0 aromatic heterocycles. The number of carbonyl (C=O) groups is 1. The Bertz CT molecular complexity index is 426. The highest BCUT2D eigenvalue weighted by Crippen LogP contribution is 2.31. The van der Waals surface area contributed by atoms with Crippen LogP contribution < -0.4 is 5.32 Å². The van der Waals surface area contributed by atoms with Crippen LogP contribution in [0.25, 0.3) is 0 Å². The maximum atomic E-state index is 12.7. The number of rotatable bonds is 5. The Morgan fingerprint density at radius 1 is 1.25 bits per heavy atom. The maximum absolute atomic E-state index is 12.7. The van der Waals surface area contributed by atoms with Crippen LogP contribution >= 0.6 is 15.9 Å². The fourth-order valence-electron chi connectivity index (χ4n) is 3.13. The normalized spacial score (nSPS) is 19.3. The van der Waals surface area contributed by atoms with Gasteiger partial charge in [-0.1, -0.05) is 72.4 Å². The molecule has 1 N–H and O–H groups in total. The van der Waals surface area contributed by atoms with E-state index in [0.29, 0.717) is 0 Å². The summed E-state index contributed by atoms with van der Waals surface area (Å²) in [7, 11) is 0. The molecule has 0 radical (unpaired) electrons.